The summed E-state index contributed by atoms with van der Waals surface area (Å²) in [7, 11) is 3.91. The van der Waals surface area contributed by atoms with E-state index in [0.29, 0.717) is 18.3 Å². The summed E-state index contributed by atoms with van der Waals surface area (Å²) in [4.78, 5) is 2.04. The van der Waals surface area contributed by atoms with Crippen LogP contribution in [0.3, 0.4) is 0 Å². The van der Waals surface area contributed by atoms with Gasteiger partial charge in [0.05, 0.1) is 5.56 Å². The zero-order chi connectivity index (χ0) is 13.1. The van der Waals surface area contributed by atoms with Crippen molar-refractivity contribution in [2.45, 2.75) is 19.1 Å². The van der Waals surface area contributed by atoms with Gasteiger partial charge < -0.3 is 10.2 Å². The Bertz CT molecular complexity index is 344. The van der Waals surface area contributed by atoms with Gasteiger partial charge in [-0.1, -0.05) is 0 Å². The van der Waals surface area contributed by atoms with Gasteiger partial charge in [0.2, 0.25) is 0 Å². The number of nitrogens with zero attached hydrogens (tertiary/aromatic N) is 1. The second-order valence-electron chi connectivity index (χ2n) is 4.27. The molecule has 0 spiro atoms. The van der Waals surface area contributed by atoms with Gasteiger partial charge in [0.25, 0.3) is 0 Å². The minimum atomic E-state index is -4.27. The van der Waals surface area contributed by atoms with Crippen molar-refractivity contribution in [2.24, 2.45) is 0 Å². The van der Waals surface area contributed by atoms with Crippen molar-refractivity contribution >= 4 is 5.69 Å². The number of rotatable bonds is 4. The van der Waals surface area contributed by atoms with E-state index in [4.69, 9.17) is 0 Å². The monoisotopic (exact) mass is 246 g/mol. The summed E-state index contributed by atoms with van der Waals surface area (Å²) in [5, 5.41) is 3.10. The smallest absolute Gasteiger partial charge is 0.383 e. The first-order valence-electron chi connectivity index (χ1n) is 5.38. The van der Waals surface area contributed by atoms with Crippen LogP contribution in [0.1, 0.15) is 12.5 Å². The van der Waals surface area contributed by atoms with Crippen LogP contribution in [0.2, 0.25) is 0 Å². The van der Waals surface area contributed by atoms with Gasteiger partial charge >= 0.3 is 6.18 Å². The summed E-state index contributed by atoms with van der Waals surface area (Å²) in [6.45, 7) is 2.73. The molecule has 17 heavy (non-hydrogen) atoms. The third-order valence-electron chi connectivity index (χ3n) is 2.70. The molecule has 1 N–H and O–H groups in total. The van der Waals surface area contributed by atoms with E-state index in [-0.39, 0.29) is 0 Å². The zero-order valence-electron chi connectivity index (χ0n) is 10.2. The van der Waals surface area contributed by atoms with Crippen LogP contribution in [0.15, 0.2) is 24.3 Å². The average Bonchev–Trinajstić information content (AvgIpc) is 2.25. The van der Waals surface area contributed by atoms with E-state index in [1.54, 1.807) is 0 Å². The zero-order valence-corrected chi connectivity index (χ0v) is 10.2. The van der Waals surface area contributed by atoms with Crippen molar-refractivity contribution in [1.82, 2.24) is 4.90 Å². The molecule has 5 heteroatoms. The van der Waals surface area contributed by atoms with Gasteiger partial charge in [-0.2, -0.15) is 13.2 Å². The molecule has 1 unspecified atom stereocenters. The molecule has 2 nitrogen and oxygen atoms in total. The molecule has 1 aromatic carbocycles. The molecule has 1 atom stereocenters. The number of anilines is 1. The summed E-state index contributed by atoms with van der Waals surface area (Å²) in [6.07, 6.45) is -4.27. The molecule has 0 radical (unpaired) electrons. The Balaban J connectivity index is 2.57. The minimum Gasteiger partial charge on any atom is -0.383 e. The van der Waals surface area contributed by atoms with Crippen molar-refractivity contribution in [3.8, 4) is 0 Å². The van der Waals surface area contributed by atoms with E-state index < -0.39 is 11.7 Å². The molecule has 0 heterocycles. The van der Waals surface area contributed by atoms with Crippen molar-refractivity contribution in [3.05, 3.63) is 29.8 Å². The summed E-state index contributed by atoms with van der Waals surface area (Å²) < 4.78 is 36.9. The van der Waals surface area contributed by atoms with E-state index in [9.17, 15) is 13.2 Å². The summed E-state index contributed by atoms with van der Waals surface area (Å²) >= 11 is 0. The standard InChI is InChI=1S/C12H17F3N2/c1-9(17(2)3)8-16-11-6-4-10(5-7-11)12(13,14)15/h4-7,9,16H,8H2,1-3H3. The molecule has 0 aliphatic heterocycles. The van der Waals surface area contributed by atoms with Gasteiger partial charge in [0, 0.05) is 18.3 Å². The number of likely N-dealkylation sites (N-methyl/N-ethyl adjacent to an activating group) is 1. The second kappa shape index (κ2) is 5.40. The minimum absolute atomic E-state index is 0.317. The Labute approximate surface area is 99.4 Å². The van der Waals surface area contributed by atoms with E-state index in [1.165, 1.54) is 12.1 Å². The average molecular weight is 246 g/mol. The molecule has 0 aromatic heterocycles. The van der Waals surface area contributed by atoms with Gasteiger partial charge in [-0.25, -0.2) is 0 Å². The van der Waals surface area contributed by atoms with Crippen LogP contribution < -0.4 is 5.32 Å². The fourth-order valence-electron chi connectivity index (χ4n) is 1.23. The molecule has 0 bridgehead atoms. The van der Waals surface area contributed by atoms with Crippen LogP contribution in [-0.2, 0) is 6.18 Å². The summed E-state index contributed by atoms with van der Waals surface area (Å²) in [5.74, 6) is 0. The van der Waals surface area contributed by atoms with Crippen LogP contribution in [0.4, 0.5) is 18.9 Å². The third kappa shape index (κ3) is 4.26. The van der Waals surface area contributed by atoms with E-state index >= 15 is 0 Å². The van der Waals surface area contributed by atoms with E-state index in [0.717, 1.165) is 12.1 Å². The van der Waals surface area contributed by atoms with Crippen molar-refractivity contribution in [1.29, 1.82) is 0 Å². The molecule has 0 saturated heterocycles. The highest BCUT2D eigenvalue weighted by Gasteiger charge is 2.29. The van der Waals surface area contributed by atoms with Gasteiger partial charge in [-0.3, -0.25) is 0 Å². The lowest BCUT2D eigenvalue weighted by Gasteiger charge is -2.20. The molecule has 0 fully saturated rings. The van der Waals surface area contributed by atoms with Gasteiger partial charge in [-0.15, -0.1) is 0 Å². The molecule has 0 amide bonds. The quantitative estimate of drug-likeness (QED) is 0.878. The molecular formula is C12H17F3N2. The van der Waals surface area contributed by atoms with Crippen LogP contribution in [0, 0.1) is 0 Å². The molecule has 1 aromatic rings. The highest BCUT2D eigenvalue weighted by molar-refractivity contribution is 5.45. The normalized spacial score (nSPS) is 13.8. The van der Waals surface area contributed by atoms with Crippen LogP contribution in [0.5, 0.6) is 0 Å². The van der Waals surface area contributed by atoms with Crippen LogP contribution in [-0.4, -0.2) is 31.6 Å². The first-order chi connectivity index (χ1) is 7.80. The molecular weight excluding hydrogens is 229 g/mol. The Hall–Kier alpha value is -1.23. The predicted octanol–water partition coefficient (Wildman–Crippen LogP) is 3.07. The number of halogens is 3. The first kappa shape index (κ1) is 13.8. The number of hydrogen-bond acceptors (Lipinski definition) is 2. The number of benzene rings is 1. The number of nitrogens with one attached hydrogen (secondary N) is 1. The maximum atomic E-state index is 12.3. The van der Waals surface area contributed by atoms with E-state index in [2.05, 4.69) is 5.32 Å². The fraction of sp³-hybridized carbons (Fsp3) is 0.500. The van der Waals surface area contributed by atoms with Crippen molar-refractivity contribution in [2.75, 3.05) is 26.0 Å². The molecule has 1 rings (SSSR count). The summed E-state index contributed by atoms with van der Waals surface area (Å²) in [5.41, 5.74) is 0.0791. The Morgan fingerprint density at radius 3 is 2.12 bits per heavy atom. The second-order valence-corrected chi connectivity index (χ2v) is 4.27. The Morgan fingerprint density at radius 2 is 1.71 bits per heavy atom. The highest BCUT2D eigenvalue weighted by atomic mass is 19.4. The highest BCUT2D eigenvalue weighted by Crippen LogP contribution is 2.29. The lowest BCUT2D eigenvalue weighted by molar-refractivity contribution is -0.137. The topological polar surface area (TPSA) is 15.3 Å². The largest absolute Gasteiger partial charge is 0.416 e. The van der Waals surface area contributed by atoms with E-state index in [1.807, 2.05) is 25.9 Å². The molecule has 0 aliphatic carbocycles. The lowest BCUT2D eigenvalue weighted by atomic mass is 10.2. The summed E-state index contributed by atoms with van der Waals surface area (Å²) in [6, 6.07) is 5.39. The first-order valence-corrected chi connectivity index (χ1v) is 5.38. The lowest BCUT2D eigenvalue weighted by Crippen LogP contribution is -2.31. The van der Waals surface area contributed by atoms with Gasteiger partial charge in [0.1, 0.15) is 0 Å². The molecule has 0 aliphatic rings. The fourth-order valence-corrected chi connectivity index (χ4v) is 1.23. The number of hydrogen-bond donors (Lipinski definition) is 1. The maximum Gasteiger partial charge on any atom is 0.416 e. The van der Waals surface area contributed by atoms with Crippen LogP contribution in [0.25, 0.3) is 0 Å². The third-order valence-corrected chi connectivity index (χ3v) is 2.70. The van der Waals surface area contributed by atoms with Gasteiger partial charge in [0.15, 0.2) is 0 Å². The molecule has 96 valence electrons. The van der Waals surface area contributed by atoms with Crippen LogP contribution >= 0.6 is 0 Å². The maximum absolute atomic E-state index is 12.3. The number of alkyl halides is 3. The van der Waals surface area contributed by atoms with Crippen molar-refractivity contribution in [3.63, 3.8) is 0 Å². The predicted molar refractivity (Wildman–Crippen MR) is 63.1 cm³/mol. The Kier molecular flexibility index (Phi) is 4.40. The Morgan fingerprint density at radius 1 is 1.18 bits per heavy atom. The van der Waals surface area contributed by atoms with Crippen molar-refractivity contribution < 1.29 is 13.2 Å². The van der Waals surface area contributed by atoms with Gasteiger partial charge in [-0.05, 0) is 45.3 Å². The SMILES string of the molecule is CC(CNc1ccc(C(F)(F)F)cc1)N(C)C. The molecule has 0 saturated carbocycles.